The summed E-state index contributed by atoms with van der Waals surface area (Å²) in [4.78, 5) is 13.2. The van der Waals surface area contributed by atoms with Crippen molar-refractivity contribution in [2.75, 3.05) is 0 Å². The molecule has 0 aliphatic carbocycles. The monoisotopic (exact) mass is 398 g/mol. The number of tetrazole rings is 1. The van der Waals surface area contributed by atoms with Gasteiger partial charge in [0.25, 0.3) is 5.56 Å². The molecule has 1 aromatic carbocycles. The topological polar surface area (TPSA) is 109 Å². The molecule has 4 rings (SSSR count). The van der Waals surface area contributed by atoms with Gasteiger partial charge in [0.15, 0.2) is 5.69 Å². The van der Waals surface area contributed by atoms with Crippen LogP contribution >= 0.6 is 11.8 Å². The van der Waals surface area contributed by atoms with Crippen molar-refractivity contribution in [3.8, 4) is 11.4 Å². The number of thioether (sulfide) groups is 1. The Morgan fingerprint density at radius 2 is 1.86 bits per heavy atom. The van der Waals surface area contributed by atoms with Crippen molar-refractivity contribution < 1.29 is 4.42 Å². The molecule has 11 heteroatoms. The third kappa shape index (κ3) is 3.13. The highest BCUT2D eigenvalue weighted by molar-refractivity contribution is 7.98. The third-order valence-corrected chi connectivity index (χ3v) is 5.22. The fraction of sp³-hybridized carbons (Fsp3) is 0.294. The molecule has 0 aliphatic heterocycles. The van der Waals surface area contributed by atoms with E-state index in [-0.39, 0.29) is 5.56 Å². The van der Waals surface area contributed by atoms with E-state index < -0.39 is 0 Å². The van der Waals surface area contributed by atoms with Gasteiger partial charge in [-0.2, -0.15) is 4.68 Å². The maximum atomic E-state index is 13.2. The Morgan fingerprint density at radius 1 is 1.11 bits per heavy atom. The zero-order valence-corrected chi connectivity index (χ0v) is 16.4. The van der Waals surface area contributed by atoms with Crippen molar-refractivity contribution in [1.29, 1.82) is 0 Å². The average molecular weight is 398 g/mol. The van der Waals surface area contributed by atoms with Crippen molar-refractivity contribution in [1.82, 2.24) is 39.8 Å². The first-order valence-electron chi connectivity index (χ1n) is 8.67. The van der Waals surface area contributed by atoms with Crippen LogP contribution in [-0.2, 0) is 19.2 Å². The van der Waals surface area contributed by atoms with Gasteiger partial charge in [0.2, 0.25) is 16.9 Å². The van der Waals surface area contributed by atoms with Crippen molar-refractivity contribution in [2.24, 2.45) is 7.05 Å². The highest BCUT2D eigenvalue weighted by atomic mass is 32.2. The van der Waals surface area contributed by atoms with Crippen LogP contribution in [0.5, 0.6) is 0 Å². The summed E-state index contributed by atoms with van der Waals surface area (Å²) in [5.41, 5.74) is 1.71. The van der Waals surface area contributed by atoms with E-state index >= 15 is 0 Å². The fourth-order valence-electron chi connectivity index (χ4n) is 2.82. The average Bonchev–Trinajstić information content (AvgIpc) is 3.40. The highest BCUT2D eigenvalue weighted by Gasteiger charge is 2.22. The van der Waals surface area contributed by atoms with Gasteiger partial charge in [-0.15, -0.1) is 15.3 Å². The lowest BCUT2D eigenvalue weighted by molar-refractivity contribution is 0.469. The van der Waals surface area contributed by atoms with Crippen LogP contribution in [0.3, 0.4) is 0 Å². The summed E-state index contributed by atoms with van der Waals surface area (Å²) in [7, 11) is 1.83. The third-order valence-electron chi connectivity index (χ3n) is 4.31. The maximum Gasteiger partial charge on any atom is 0.297 e. The first-order chi connectivity index (χ1) is 13.6. The fourth-order valence-corrected chi connectivity index (χ4v) is 3.54. The molecule has 3 heterocycles. The Hall–Kier alpha value is -3.21. The summed E-state index contributed by atoms with van der Waals surface area (Å²) in [6.07, 6.45) is 0.678. The van der Waals surface area contributed by atoms with Crippen molar-refractivity contribution in [3.05, 3.63) is 58.2 Å². The normalized spacial score (nSPS) is 11.2. The number of aryl methyl sites for hydroxylation is 1. The van der Waals surface area contributed by atoms with E-state index in [4.69, 9.17) is 4.42 Å². The molecule has 0 aliphatic rings. The number of nitrogens with zero attached hydrogens (tertiary/aromatic N) is 8. The molecule has 0 atom stereocenters. The Kier molecular flexibility index (Phi) is 4.82. The number of rotatable bonds is 6. The summed E-state index contributed by atoms with van der Waals surface area (Å²) in [6.45, 7) is 3.80. The van der Waals surface area contributed by atoms with E-state index in [1.165, 1.54) is 16.4 Å². The van der Waals surface area contributed by atoms with Gasteiger partial charge in [-0.05, 0) is 29.5 Å². The molecule has 0 saturated carbocycles. The molecule has 28 heavy (non-hydrogen) atoms. The van der Waals surface area contributed by atoms with E-state index in [9.17, 15) is 4.79 Å². The second kappa shape index (κ2) is 7.43. The lowest BCUT2D eigenvalue weighted by atomic mass is 10.3. The molecule has 0 spiro atoms. The molecule has 144 valence electrons. The van der Waals surface area contributed by atoms with Crippen molar-refractivity contribution in [2.45, 2.75) is 31.2 Å². The van der Waals surface area contributed by atoms with Crippen LogP contribution in [0.1, 0.15) is 24.4 Å². The number of hydrogen-bond acceptors (Lipinski definition) is 8. The largest absolute Gasteiger partial charge is 0.424 e. The Labute approximate surface area is 164 Å². The van der Waals surface area contributed by atoms with Crippen LogP contribution in [0.2, 0.25) is 0 Å². The summed E-state index contributed by atoms with van der Waals surface area (Å²) in [6, 6.07) is 9.43. The van der Waals surface area contributed by atoms with E-state index in [0.29, 0.717) is 34.8 Å². The van der Waals surface area contributed by atoms with Crippen LogP contribution in [0.15, 0.2) is 44.7 Å². The summed E-state index contributed by atoms with van der Waals surface area (Å²) < 4.78 is 10.3. The van der Waals surface area contributed by atoms with Gasteiger partial charge in [0.05, 0.1) is 17.1 Å². The van der Waals surface area contributed by atoms with Crippen molar-refractivity contribution >= 4 is 11.8 Å². The first kappa shape index (κ1) is 18.2. The van der Waals surface area contributed by atoms with Gasteiger partial charge >= 0.3 is 0 Å². The predicted octanol–water partition coefficient (Wildman–Crippen LogP) is 1.70. The van der Waals surface area contributed by atoms with Crippen LogP contribution < -0.4 is 5.56 Å². The van der Waals surface area contributed by atoms with Gasteiger partial charge in [-0.1, -0.05) is 36.9 Å². The molecule has 0 radical (unpaired) electrons. The van der Waals surface area contributed by atoms with E-state index in [2.05, 4.69) is 25.7 Å². The smallest absolute Gasteiger partial charge is 0.297 e. The van der Waals surface area contributed by atoms with E-state index in [0.717, 1.165) is 11.4 Å². The Balaban J connectivity index is 1.69. The molecule has 0 amide bonds. The zero-order valence-electron chi connectivity index (χ0n) is 15.6. The lowest BCUT2D eigenvalue weighted by Crippen LogP contribution is -2.22. The predicted molar refractivity (Wildman–Crippen MR) is 102 cm³/mol. The van der Waals surface area contributed by atoms with E-state index in [1.54, 1.807) is 9.36 Å². The van der Waals surface area contributed by atoms with Crippen LogP contribution in [0.25, 0.3) is 11.4 Å². The molecular weight excluding hydrogens is 380 g/mol. The van der Waals surface area contributed by atoms with Crippen LogP contribution in [0.4, 0.5) is 0 Å². The lowest BCUT2D eigenvalue weighted by Gasteiger charge is -2.07. The Morgan fingerprint density at radius 3 is 2.57 bits per heavy atom. The van der Waals surface area contributed by atoms with Crippen molar-refractivity contribution in [3.63, 3.8) is 0 Å². The minimum atomic E-state index is -0.202. The number of hydrogen-bond donors (Lipinski definition) is 0. The second-order valence-corrected chi connectivity index (χ2v) is 6.96. The molecule has 4 aromatic rings. The molecule has 0 unspecified atom stereocenters. The highest BCUT2D eigenvalue weighted by Crippen LogP contribution is 2.23. The molecule has 0 N–H and O–H groups in total. The van der Waals surface area contributed by atoms with Gasteiger partial charge in [0.1, 0.15) is 0 Å². The molecule has 0 bridgehead atoms. The van der Waals surface area contributed by atoms with Crippen LogP contribution in [0, 0.1) is 6.92 Å². The molecule has 10 nitrogen and oxygen atoms in total. The number of benzene rings is 1. The quantitative estimate of drug-likeness (QED) is 0.451. The van der Waals surface area contributed by atoms with Gasteiger partial charge in [-0.3, -0.25) is 9.48 Å². The van der Waals surface area contributed by atoms with Gasteiger partial charge in [-0.25, -0.2) is 4.68 Å². The van der Waals surface area contributed by atoms with E-state index in [1.807, 2.05) is 51.2 Å². The van der Waals surface area contributed by atoms with Gasteiger partial charge < -0.3 is 4.42 Å². The van der Waals surface area contributed by atoms with Crippen LogP contribution in [-0.4, -0.2) is 39.8 Å². The molecule has 0 saturated heterocycles. The Bertz CT molecular complexity index is 1160. The summed E-state index contributed by atoms with van der Waals surface area (Å²) in [5.74, 6) is 1.48. The zero-order chi connectivity index (χ0) is 19.7. The minimum absolute atomic E-state index is 0.202. The van der Waals surface area contributed by atoms with Gasteiger partial charge in [0, 0.05) is 13.5 Å². The molecule has 0 fully saturated rings. The summed E-state index contributed by atoms with van der Waals surface area (Å²) >= 11 is 1.33. The first-order valence-corrected chi connectivity index (χ1v) is 9.65. The maximum absolute atomic E-state index is 13.2. The SMILES string of the molecule is CCc1nnc(CSc2nnnn2-c2c(C)n(C)n(-c3ccccc3)c2=O)o1. The number of para-hydroxylation sites is 1. The summed E-state index contributed by atoms with van der Waals surface area (Å²) in [5, 5.41) is 20.2. The molecule has 3 aromatic heterocycles. The second-order valence-electron chi connectivity index (χ2n) is 6.02. The number of aromatic nitrogens is 8. The molecular formula is C17H18N8O2S. The minimum Gasteiger partial charge on any atom is -0.424 e. The standard InChI is InChI=1S/C17H18N8O2S/c1-4-13-18-19-14(27-13)10-28-17-20-21-22-24(17)15-11(2)23(3)25(16(15)26)12-8-6-5-7-9-12/h5-9H,4,10H2,1-3H3.